The Morgan fingerprint density at radius 3 is 2.26 bits per heavy atom. The number of carbonyl (C=O) groups is 2. The maximum Gasteiger partial charge on any atom is 0.169 e. The average molecular weight is 303 g/mol. The topological polar surface area (TPSA) is 54.4 Å². The van der Waals surface area contributed by atoms with Gasteiger partial charge in [0, 0.05) is 18.8 Å². The standard InChI is InChI=1S/C14H16Cl2O3/c1-14(2)7(6-10(15)16)12(14)13(19)11-8(17)4-3-5-9(11)18/h6-7,12,19H,3-5H2,1-2H3/t7-,12+/m1/s1. The maximum absolute atomic E-state index is 11.8. The van der Waals surface area contributed by atoms with Gasteiger partial charge < -0.3 is 5.11 Å². The van der Waals surface area contributed by atoms with E-state index in [1.54, 1.807) is 6.08 Å². The molecule has 2 fully saturated rings. The second-order valence-corrected chi connectivity index (χ2v) is 6.75. The molecule has 2 aliphatic rings. The zero-order valence-electron chi connectivity index (χ0n) is 10.9. The van der Waals surface area contributed by atoms with Gasteiger partial charge in [-0.2, -0.15) is 0 Å². The number of aliphatic hydroxyl groups is 1. The van der Waals surface area contributed by atoms with Crippen LogP contribution in [0.15, 0.2) is 21.9 Å². The first kappa shape index (κ1) is 14.6. The van der Waals surface area contributed by atoms with E-state index in [9.17, 15) is 14.7 Å². The minimum atomic E-state index is -0.263. The quantitative estimate of drug-likeness (QED) is 0.480. The Hall–Kier alpha value is -0.800. The van der Waals surface area contributed by atoms with Gasteiger partial charge in [-0.15, -0.1) is 0 Å². The van der Waals surface area contributed by atoms with Crippen LogP contribution >= 0.6 is 23.2 Å². The minimum Gasteiger partial charge on any atom is -0.511 e. The molecule has 0 heterocycles. The SMILES string of the molecule is CC1(C)[C@H](C=C(Cl)Cl)[C@H]1C(O)=C1C(=O)CCCC1=O. The molecule has 5 heteroatoms. The number of halogens is 2. The summed E-state index contributed by atoms with van der Waals surface area (Å²) in [5, 5.41) is 10.3. The number of aliphatic hydroxyl groups excluding tert-OH is 1. The number of rotatable bonds is 2. The smallest absolute Gasteiger partial charge is 0.169 e. The molecule has 2 atom stereocenters. The van der Waals surface area contributed by atoms with Crippen molar-refractivity contribution in [3.63, 3.8) is 0 Å². The van der Waals surface area contributed by atoms with Gasteiger partial charge in [0.25, 0.3) is 0 Å². The summed E-state index contributed by atoms with van der Waals surface area (Å²) >= 11 is 11.3. The second-order valence-electron chi connectivity index (χ2n) is 5.74. The molecule has 2 rings (SSSR count). The van der Waals surface area contributed by atoms with E-state index in [4.69, 9.17) is 23.2 Å². The van der Waals surface area contributed by atoms with Crippen LogP contribution in [0.2, 0.25) is 0 Å². The summed E-state index contributed by atoms with van der Waals surface area (Å²) in [6.07, 6.45) is 2.88. The first-order valence-electron chi connectivity index (χ1n) is 6.29. The van der Waals surface area contributed by atoms with Crippen LogP contribution in [0.4, 0.5) is 0 Å². The highest BCUT2D eigenvalue weighted by atomic mass is 35.5. The summed E-state index contributed by atoms with van der Waals surface area (Å²) in [7, 11) is 0. The van der Waals surface area contributed by atoms with E-state index in [1.807, 2.05) is 13.8 Å². The van der Waals surface area contributed by atoms with Crippen molar-refractivity contribution in [2.24, 2.45) is 17.3 Å². The summed E-state index contributed by atoms with van der Waals surface area (Å²) in [4.78, 5) is 23.6. The lowest BCUT2D eigenvalue weighted by atomic mass is 9.89. The first-order chi connectivity index (χ1) is 8.76. The second kappa shape index (κ2) is 4.95. The molecule has 0 aromatic heterocycles. The van der Waals surface area contributed by atoms with Crippen LogP contribution in [-0.4, -0.2) is 16.7 Å². The van der Waals surface area contributed by atoms with Gasteiger partial charge in [0.05, 0.1) is 5.57 Å². The van der Waals surface area contributed by atoms with E-state index in [0.717, 1.165) is 0 Å². The molecule has 1 N–H and O–H groups in total. The molecule has 2 saturated carbocycles. The van der Waals surface area contributed by atoms with Gasteiger partial charge in [-0.05, 0) is 23.8 Å². The Bertz CT molecular complexity index is 481. The first-order valence-corrected chi connectivity index (χ1v) is 7.04. The van der Waals surface area contributed by atoms with Crippen molar-refractivity contribution in [1.29, 1.82) is 0 Å². The number of hydrogen-bond acceptors (Lipinski definition) is 3. The summed E-state index contributed by atoms with van der Waals surface area (Å²) in [6.45, 7) is 3.90. The summed E-state index contributed by atoms with van der Waals surface area (Å²) < 4.78 is 0.139. The lowest BCUT2D eigenvalue weighted by molar-refractivity contribution is -0.124. The van der Waals surface area contributed by atoms with E-state index in [0.29, 0.717) is 19.3 Å². The average Bonchev–Trinajstić information content (AvgIpc) is 2.78. The van der Waals surface area contributed by atoms with Gasteiger partial charge in [0.1, 0.15) is 10.3 Å². The van der Waals surface area contributed by atoms with Crippen molar-refractivity contribution in [3.05, 3.63) is 21.9 Å². The van der Waals surface area contributed by atoms with Crippen LogP contribution in [0.3, 0.4) is 0 Å². The fraction of sp³-hybridized carbons (Fsp3) is 0.571. The minimum absolute atomic E-state index is 0.00841. The Balaban J connectivity index is 2.34. The molecule has 0 aromatic carbocycles. The van der Waals surface area contributed by atoms with Crippen molar-refractivity contribution in [2.45, 2.75) is 33.1 Å². The van der Waals surface area contributed by atoms with Crippen LogP contribution in [0.25, 0.3) is 0 Å². The molecular formula is C14H16Cl2O3. The Labute approximate surface area is 122 Å². The Morgan fingerprint density at radius 1 is 1.26 bits per heavy atom. The number of Topliss-reactive ketones (excluding diaryl/α,β-unsaturated/α-hetero) is 2. The molecule has 0 spiro atoms. The van der Waals surface area contributed by atoms with E-state index in [-0.39, 0.29) is 44.6 Å². The number of allylic oxidation sites excluding steroid dienone is 3. The third-order valence-corrected chi connectivity index (χ3v) is 4.38. The van der Waals surface area contributed by atoms with Crippen LogP contribution in [0.1, 0.15) is 33.1 Å². The van der Waals surface area contributed by atoms with Gasteiger partial charge in [-0.1, -0.05) is 37.0 Å². The fourth-order valence-electron chi connectivity index (χ4n) is 2.90. The highest BCUT2D eigenvalue weighted by Crippen LogP contribution is 2.63. The van der Waals surface area contributed by atoms with Crippen molar-refractivity contribution in [3.8, 4) is 0 Å². The molecule has 104 valence electrons. The summed E-state index contributed by atoms with van der Waals surface area (Å²) in [6, 6.07) is 0. The van der Waals surface area contributed by atoms with E-state index >= 15 is 0 Å². The van der Waals surface area contributed by atoms with Crippen LogP contribution in [-0.2, 0) is 9.59 Å². The van der Waals surface area contributed by atoms with E-state index in [1.165, 1.54) is 0 Å². The molecule has 0 bridgehead atoms. The number of ketones is 2. The molecule has 0 aromatic rings. The Kier molecular flexibility index (Phi) is 3.80. The molecule has 3 nitrogen and oxygen atoms in total. The highest BCUT2D eigenvalue weighted by molar-refractivity contribution is 6.55. The number of hydrogen-bond donors (Lipinski definition) is 1. The van der Waals surface area contributed by atoms with Crippen LogP contribution < -0.4 is 0 Å². The number of carbonyl (C=O) groups excluding carboxylic acids is 2. The van der Waals surface area contributed by atoms with Gasteiger partial charge in [-0.3, -0.25) is 9.59 Å². The van der Waals surface area contributed by atoms with E-state index < -0.39 is 0 Å². The predicted octanol–water partition coefficient (Wildman–Crippen LogP) is 3.71. The highest BCUT2D eigenvalue weighted by Gasteiger charge is 2.60. The fourth-order valence-corrected chi connectivity index (χ4v) is 3.17. The predicted molar refractivity (Wildman–Crippen MR) is 74.1 cm³/mol. The maximum atomic E-state index is 11.8. The van der Waals surface area contributed by atoms with Crippen molar-refractivity contribution >= 4 is 34.8 Å². The van der Waals surface area contributed by atoms with E-state index in [2.05, 4.69) is 0 Å². The molecule has 0 saturated heterocycles. The van der Waals surface area contributed by atoms with Gasteiger partial charge in [-0.25, -0.2) is 0 Å². The zero-order valence-corrected chi connectivity index (χ0v) is 12.4. The molecule has 19 heavy (non-hydrogen) atoms. The summed E-state index contributed by atoms with van der Waals surface area (Å²) in [5.41, 5.74) is -0.254. The molecule has 0 amide bonds. The van der Waals surface area contributed by atoms with Crippen LogP contribution in [0, 0.1) is 17.3 Å². The Morgan fingerprint density at radius 2 is 1.79 bits per heavy atom. The lowest BCUT2D eigenvalue weighted by Gasteiger charge is -2.14. The molecule has 0 unspecified atom stereocenters. The molecular weight excluding hydrogens is 287 g/mol. The van der Waals surface area contributed by atoms with Crippen molar-refractivity contribution in [1.82, 2.24) is 0 Å². The molecule has 0 aliphatic heterocycles. The third-order valence-electron chi connectivity index (χ3n) is 4.13. The van der Waals surface area contributed by atoms with Crippen LogP contribution in [0.5, 0.6) is 0 Å². The monoisotopic (exact) mass is 302 g/mol. The normalized spacial score (nSPS) is 29.2. The largest absolute Gasteiger partial charge is 0.511 e. The van der Waals surface area contributed by atoms with Crippen molar-refractivity contribution < 1.29 is 14.7 Å². The van der Waals surface area contributed by atoms with Crippen molar-refractivity contribution in [2.75, 3.05) is 0 Å². The molecule has 0 radical (unpaired) electrons. The zero-order chi connectivity index (χ0) is 14.4. The van der Waals surface area contributed by atoms with Gasteiger partial charge >= 0.3 is 0 Å². The third kappa shape index (κ3) is 2.59. The molecule has 2 aliphatic carbocycles. The van der Waals surface area contributed by atoms with Gasteiger partial charge in [0.15, 0.2) is 11.6 Å². The summed E-state index contributed by atoms with van der Waals surface area (Å²) in [5.74, 6) is -0.906. The van der Waals surface area contributed by atoms with Gasteiger partial charge in [0.2, 0.25) is 0 Å². The lowest BCUT2D eigenvalue weighted by Crippen LogP contribution is -2.21.